The molecule has 3 rings (SSSR count). The molecule has 5 heteroatoms. The third kappa shape index (κ3) is 2.69. The Balaban J connectivity index is 1.93. The third-order valence-corrected chi connectivity index (χ3v) is 3.28. The molecule has 0 bridgehead atoms. The molecule has 0 aliphatic carbocycles. The predicted octanol–water partition coefficient (Wildman–Crippen LogP) is 2.66. The predicted molar refractivity (Wildman–Crippen MR) is 73.3 cm³/mol. The Morgan fingerprint density at radius 1 is 1.37 bits per heavy atom. The zero-order chi connectivity index (χ0) is 13.2. The van der Waals surface area contributed by atoms with Crippen molar-refractivity contribution in [3.05, 3.63) is 52.4 Å². The van der Waals surface area contributed by atoms with Crippen molar-refractivity contribution in [2.45, 2.75) is 19.6 Å². The van der Waals surface area contributed by atoms with E-state index in [-0.39, 0.29) is 6.10 Å². The van der Waals surface area contributed by atoms with Gasteiger partial charge in [0.05, 0.1) is 5.69 Å². The van der Waals surface area contributed by atoms with E-state index in [4.69, 9.17) is 16.3 Å². The van der Waals surface area contributed by atoms with Crippen molar-refractivity contribution in [2.75, 3.05) is 6.54 Å². The fourth-order valence-corrected chi connectivity index (χ4v) is 2.24. The molecular weight excluding hydrogens is 262 g/mol. The van der Waals surface area contributed by atoms with Crippen molar-refractivity contribution in [3.63, 3.8) is 0 Å². The van der Waals surface area contributed by atoms with Gasteiger partial charge in [0.1, 0.15) is 5.15 Å². The minimum absolute atomic E-state index is 0.146. The summed E-state index contributed by atoms with van der Waals surface area (Å²) in [5.41, 5.74) is 3.08. The first-order chi connectivity index (χ1) is 9.22. The van der Waals surface area contributed by atoms with Gasteiger partial charge in [-0.3, -0.25) is 4.98 Å². The van der Waals surface area contributed by atoms with E-state index in [2.05, 4.69) is 15.3 Å². The van der Waals surface area contributed by atoms with Crippen LogP contribution in [0.2, 0.25) is 5.15 Å². The van der Waals surface area contributed by atoms with Crippen LogP contribution in [0.15, 0.2) is 30.5 Å². The monoisotopic (exact) mass is 275 g/mol. The van der Waals surface area contributed by atoms with Crippen LogP contribution in [0.3, 0.4) is 0 Å². The van der Waals surface area contributed by atoms with E-state index in [1.54, 1.807) is 12.3 Å². The van der Waals surface area contributed by atoms with Gasteiger partial charge in [0.25, 0.3) is 0 Å². The first-order valence-corrected chi connectivity index (χ1v) is 6.55. The lowest BCUT2D eigenvalue weighted by Crippen LogP contribution is -2.22. The number of fused-ring (bicyclic) bond motifs is 1. The second-order valence-corrected chi connectivity index (χ2v) is 4.98. The zero-order valence-electron chi connectivity index (χ0n) is 10.6. The van der Waals surface area contributed by atoms with E-state index < -0.39 is 0 Å². The van der Waals surface area contributed by atoms with E-state index in [0.29, 0.717) is 17.6 Å². The molecule has 1 atom stereocenters. The first kappa shape index (κ1) is 12.4. The normalized spacial score (nSPS) is 18.3. The molecule has 0 spiro atoms. The van der Waals surface area contributed by atoms with Crippen LogP contribution in [0.25, 0.3) is 0 Å². The van der Waals surface area contributed by atoms with Crippen LogP contribution in [0, 0.1) is 6.92 Å². The van der Waals surface area contributed by atoms with E-state index in [9.17, 15) is 0 Å². The summed E-state index contributed by atoms with van der Waals surface area (Å²) in [7, 11) is 0. The Hall–Kier alpha value is -1.65. The van der Waals surface area contributed by atoms with Crippen molar-refractivity contribution in [1.82, 2.24) is 15.3 Å². The lowest BCUT2D eigenvalue weighted by Gasteiger charge is -2.16. The summed E-state index contributed by atoms with van der Waals surface area (Å²) in [5, 5.41) is 3.78. The van der Waals surface area contributed by atoms with Crippen molar-refractivity contribution in [3.8, 4) is 5.88 Å². The van der Waals surface area contributed by atoms with Gasteiger partial charge in [-0.1, -0.05) is 11.6 Å². The third-order valence-electron chi connectivity index (χ3n) is 3.07. The van der Waals surface area contributed by atoms with Gasteiger partial charge in [0, 0.05) is 24.8 Å². The van der Waals surface area contributed by atoms with Gasteiger partial charge in [-0.15, -0.1) is 0 Å². The van der Waals surface area contributed by atoms with Crippen LogP contribution in [0.4, 0.5) is 0 Å². The van der Waals surface area contributed by atoms with Crippen molar-refractivity contribution in [1.29, 1.82) is 0 Å². The van der Waals surface area contributed by atoms with Gasteiger partial charge in [-0.2, -0.15) is 0 Å². The van der Waals surface area contributed by atoms with Crippen molar-refractivity contribution in [2.24, 2.45) is 0 Å². The van der Waals surface area contributed by atoms with Gasteiger partial charge < -0.3 is 10.1 Å². The van der Waals surface area contributed by atoms with Crippen LogP contribution < -0.4 is 10.1 Å². The Morgan fingerprint density at radius 3 is 3.11 bits per heavy atom. The molecule has 3 heterocycles. The fourth-order valence-electron chi connectivity index (χ4n) is 2.10. The summed E-state index contributed by atoms with van der Waals surface area (Å²) in [4.78, 5) is 8.62. The molecule has 1 aliphatic heterocycles. The topological polar surface area (TPSA) is 47.0 Å². The standard InChI is InChI=1S/C14H14ClN3O/c1-9-4-5-17-11(6-9)12-8-16-7-10-2-3-13(15)18-14(10)19-12/h2-6,12,16H,7-8H2,1H3/t12-/m1/s1. The Morgan fingerprint density at radius 2 is 2.26 bits per heavy atom. The van der Waals surface area contributed by atoms with E-state index in [1.165, 1.54) is 0 Å². The number of hydrogen-bond donors (Lipinski definition) is 1. The zero-order valence-corrected chi connectivity index (χ0v) is 11.3. The summed E-state index contributed by atoms with van der Waals surface area (Å²) in [6.45, 7) is 3.46. The van der Waals surface area contributed by atoms with Gasteiger partial charge in [-0.05, 0) is 36.8 Å². The molecule has 1 aliphatic rings. The number of pyridine rings is 2. The first-order valence-electron chi connectivity index (χ1n) is 6.18. The second-order valence-electron chi connectivity index (χ2n) is 4.59. The molecule has 0 amide bonds. The summed E-state index contributed by atoms with van der Waals surface area (Å²) >= 11 is 5.92. The molecule has 0 aromatic carbocycles. The van der Waals surface area contributed by atoms with Crippen molar-refractivity contribution < 1.29 is 4.74 Å². The molecular formula is C14H14ClN3O. The highest BCUT2D eigenvalue weighted by Crippen LogP contribution is 2.27. The lowest BCUT2D eigenvalue weighted by atomic mass is 10.2. The van der Waals surface area contributed by atoms with E-state index >= 15 is 0 Å². The van der Waals surface area contributed by atoms with Crippen LogP contribution in [-0.4, -0.2) is 16.5 Å². The van der Waals surface area contributed by atoms with Gasteiger partial charge >= 0.3 is 0 Å². The number of rotatable bonds is 1. The fraction of sp³-hybridized carbons (Fsp3) is 0.286. The minimum atomic E-state index is -0.146. The van der Waals surface area contributed by atoms with E-state index in [1.807, 2.05) is 25.1 Å². The number of aryl methyl sites for hydroxylation is 1. The molecule has 0 saturated carbocycles. The quantitative estimate of drug-likeness (QED) is 0.813. The molecule has 4 nitrogen and oxygen atoms in total. The van der Waals surface area contributed by atoms with Gasteiger partial charge in [0.15, 0.2) is 6.10 Å². The molecule has 19 heavy (non-hydrogen) atoms. The largest absolute Gasteiger partial charge is 0.466 e. The van der Waals surface area contributed by atoms with Crippen LogP contribution >= 0.6 is 11.6 Å². The molecule has 0 fully saturated rings. The average Bonchev–Trinajstić information content (AvgIpc) is 2.60. The number of aromatic nitrogens is 2. The van der Waals surface area contributed by atoms with Crippen LogP contribution in [0.5, 0.6) is 5.88 Å². The maximum atomic E-state index is 5.96. The Labute approximate surface area is 116 Å². The van der Waals surface area contributed by atoms with Crippen molar-refractivity contribution >= 4 is 11.6 Å². The molecule has 0 radical (unpaired) electrons. The molecule has 2 aromatic rings. The minimum Gasteiger partial charge on any atom is -0.466 e. The molecule has 1 N–H and O–H groups in total. The Bertz CT molecular complexity index is 603. The maximum absolute atomic E-state index is 5.96. The highest BCUT2D eigenvalue weighted by molar-refractivity contribution is 6.29. The molecule has 0 unspecified atom stereocenters. The highest BCUT2D eigenvalue weighted by atomic mass is 35.5. The number of nitrogens with one attached hydrogen (secondary N) is 1. The maximum Gasteiger partial charge on any atom is 0.220 e. The summed E-state index contributed by atoms with van der Waals surface area (Å²) in [6.07, 6.45) is 1.65. The number of hydrogen-bond acceptors (Lipinski definition) is 4. The second kappa shape index (κ2) is 5.15. The van der Waals surface area contributed by atoms with E-state index in [0.717, 1.165) is 23.4 Å². The lowest BCUT2D eigenvalue weighted by molar-refractivity contribution is 0.197. The number of ether oxygens (including phenoxy) is 1. The molecule has 2 aromatic heterocycles. The highest BCUT2D eigenvalue weighted by Gasteiger charge is 2.21. The Kier molecular flexibility index (Phi) is 3.36. The average molecular weight is 276 g/mol. The SMILES string of the molecule is Cc1ccnc([C@H]2CNCc3ccc(Cl)nc3O2)c1. The summed E-state index contributed by atoms with van der Waals surface area (Å²) in [6, 6.07) is 7.71. The summed E-state index contributed by atoms with van der Waals surface area (Å²) in [5.74, 6) is 0.589. The van der Waals surface area contributed by atoms with Crippen LogP contribution in [0.1, 0.15) is 22.9 Å². The van der Waals surface area contributed by atoms with Gasteiger partial charge in [0.2, 0.25) is 5.88 Å². The number of halogens is 1. The van der Waals surface area contributed by atoms with Gasteiger partial charge in [-0.25, -0.2) is 4.98 Å². The smallest absolute Gasteiger partial charge is 0.220 e. The summed E-state index contributed by atoms with van der Waals surface area (Å²) < 4.78 is 5.96. The molecule has 0 saturated heterocycles. The van der Waals surface area contributed by atoms with Crippen LogP contribution in [-0.2, 0) is 6.54 Å². The number of nitrogens with zero attached hydrogens (tertiary/aromatic N) is 2. The molecule has 98 valence electrons.